The number of aliphatic hydroxyl groups is 1. The van der Waals surface area contributed by atoms with Gasteiger partial charge in [0.05, 0.1) is 21.2 Å². The maximum atomic E-state index is 10.1. The molecule has 0 radical (unpaired) electrons. The van der Waals surface area contributed by atoms with Crippen molar-refractivity contribution in [3.63, 3.8) is 0 Å². The number of fused-ring (bicyclic) bond motifs is 2. The summed E-state index contributed by atoms with van der Waals surface area (Å²) in [4.78, 5) is 0. The minimum atomic E-state index is -0.303. The third-order valence-electron chi connectivity index (χ3n) is 3.46. The Morgan fingerprint density at radius 1 is 1.31 bits per heavy atom. The van der Waals surface area contributed by atoms with Crippen molar-refractivity contribution in [2.45, 2.75) is 54.8 Å². The summed E-state index contributed by atoms with van der Waals surface area (Å²) in [5, 5.41) is 10.1. The predicted molar refractivity (Wildman–Crippen MR) is 60.1 cm³/mol. The summed E-state index contributed by atoms with van der Waals surface area (Å²) in [5.41, 5.74) is -0.398. The minimum absolute atomic E-state index is 0.105. The summed E-state index contributed by atoms with van der Waals surface area (Å²) in [6.45, 7) is 6.43. The van der Waals surface area contributed by atoms with Gasteiger partial charge < -0.3 is 9.84 Å². The molecule has 2 heterocycles. The van der Waals surface area contributed by atoms with Crippen LogP contribution in [-0.2, 0) is 4.74 Å². The number of rotatable bonds is 0. The molecule has 76 valence electrons. The maximum Gasteiger partial charge on any atom is 0.0972 e. The standard InChI is InChI=1S/C10H17IO2/c1-6-4-9(2)7(11)8(12)10(3,5-6)13-9/h6-8,12H,4-5H2,1-3H3/t6?,7-,8+,9+,10-/m0/s1. The molecule has 0 saturated carbocycles. The molecule has 5 atom stereocenters. The molecule has 2 bridgehead atoms. The molecule has 1 unspecified atom stereocenters. The Bertz CT molecular complexity index is 211. The molecule has 2 saturated heterocycles. The summed E-state index contributed by atoms with van der Waals surface area (Å²) in [5.74, 6) is 0.665. The lowest BCUT2D eigenvalue weighted by atomic mass is 9.86. The van der Waals surface area contributed by atoms with Crippen LogP contribution >= 0.6 is 22.6 Å². The van der Waals surface area contributed by atoms with Crippen molar-refractivity contribution in [3.8, 4) is 0 Å². The van der Waals surface area contributed by atoms with Crippen LogP contribution in [0.15, 0.2) is 0 Å². The minimum Gasteiger partial charge on any atom is -0.389 e. The Hall–Kier alpha value is 0.650. The SMILES string of the molecule is CC1C[C@@]2(C)O[C@@](C)(C1)[C@H](O)[C@@H]2I. The van der Waals surface area contributed by atoms with Gasteiger partial charge in [0.15, 0.2) is 0 Å². The Morgan fingerprint density at radius 2 is 1.85 bits per heavy atom. The van der Waals surface area contributed by atoms with E-state index in [9.17, 15) is 5.11 Å². The van der Waals surface area contributed by atoms with Crippen molar-refractivity contribution >= 4 is 22.6 Å². The van der Waals surface area contributed by atoms with E-state index in [0.29, 0.717) is 5.92 Å². The van der Waals surface area contributed by atoms with Gasteiger partial charge in [-0.2, -0.15) is 0 Å². The fourth-order valence-corrected chi connectivity index (χ4v) is 4.21. The molecule has 0 spiro atoms. The first-order valence-electron chi connectivity index (χ1n) is 4.90. The van der Waals surface area contributed by atoms with Crippen molar-refractivity contribution in [3.05, 3.63) is 0 Å². The van der Waals surface area contributed by atoms with Gasteiger partial charge in [-0.3, -0.25) is 0 Å². The number of hydrogen-bond acceptors (Lipinski definition) is 2. The van der Waals surface area contributed by atoms with E-state index < -0.39 is 0 Å². The molecule has 13 heavy (non-hydrogen) atoms. The average Bonchev–Trinajstić information content (AvgIpc) is 2.08. The molecular formula is C10H17IO2. The predicted octanol–water partition coefficient (Wildman–Crippen LogP) is 2.13. The summed E-state index contributed by atoms with van der Waals surface area (Å²) < 4.78 is 6.25. The van der Waals surface area contributed by atoms with E-state index in [4.69, 9.17) is 4.74 Å². The van der Waals surface area contributed by atoms with Gasteiger partial charge in [-0.15, -0.1) is 0 Å². The van der Waals surface area contributed by atoms with Crippen LogP contribution in [0, 0.1) is 5.92 Å². The Kier molecular flexibility index (Phi) is 2.21. The van der Waals surface area contributed by atoms with Gasteiger partial charge in [0.2, 0.25) is 0 Å². The Balaban J connectivity index is 2.35. The molecule has 2 aliphatic rings. The number of halogens is 1. The third-order valence-corrected chi connectivity index (χ3v) is 5.46. The lowest BCUT2D eigenvalue weighted by Crippen LogP contribution is -2.43. The van der Waals surface area contributed by atoms with Crippen LogP contribution in [0.4, 0.5) is 0 Å². The number of hydrogen-bond donors (Lipinski definition) is 1. The molecule has 2 aliphatic heterocycles. The van der Waals surface area contributed by atoms with E-state index in [-0.39, 0.29) is 21.2 Å². The summed E-state index contributed by atoms with van der Waals surface area (Å²) in [6, 6.07) is 0. The van der Waals surface area contributed by atoms with E-state index in [1.807, 2.05) is 6.92 Å². The Labute approximate surface area is 93.2 Å². The summed E-state index contributed by atoms with van der Waals surface area (Å²) >= 11 is 2.34. The first-order valence-corrected chi connectivity index (χ1v) is 6.14. The fraction of sp³-hybridized carbons (Fsp3) is 1.00. The first-order chi connectivity index (χ1) is 5.87. The quantitative estimate of drug-likeness (QED) is 0.548. The second-order valence-electron chi connectivity index (χ2n) is 5.09. The van der Waals surface area contributed by atoms with E-state index >= 15 is 0 Å². The summed E-state index contributed by atoms with van der Waals surface area (Å²) in [7, 11) is 0. The van der Waals surface area contributed by atoms with Crippen molar-refractivity contribution in [2.24, 2.45) is 5.92 Å². The van der Waals surface area contributed by atoms with Crippen LogP contribution < -0.4 is 0 Å². The highest BCUT2D eigenvalue weighted by Crippen LogP contribution is 2.52. The lowest BCUT2D eigenvalue weighted by molar-refractivity contribution is -0.153. The fourth-order valence-electron chi connectivity index (χ4n) is 3.07. The van der Waals surface area contributed by atoms with Crippen molar-refractivity contribution < 1.29 is 9.84 Å². The van der Waals surface area contributed by atoms with Crippen LogP contribution in [0.5, 0.6) is 0 Å². The zero-order chi connectivity index (χ0) is 9.85. The second-order valence-corrected chi connectivity index (χ2v) is 6.43. The highest BCUT2D eigenvalue weighted by atomic mass is 127. The topological polar surface area (TPSA) is 29.5 Å². The van der Waals surface area contributed by atoms with Crippen LogP contribution in [0.1, 0.15) is 33.6 Å². The number of alkyl halides is 1. The van der Waals surface area contributed by atoms with Gasteiger partial charge in [0.1, 0.15) is 0 Å². The van der Waals surface area contributed by atoms with E-state index in [1.165, 1.54) is 0 Å². The zero-order valence-electron chi connectivity index (χ0n) is 8.38. The van der Waals surface area contributed by atoms with Gasteiger partial charge in [-0.1, -0.05) is 29.5 Å². The first kappa shape index (κ1) is 10.2. The number of aliphatic hydroxyl groups excluding tert-OH is 1. The third kappa shape index (κ3) is 1.35. The summed E-state index contributed by atoms with van der Waals surface area (Å²) in [6.07, 6.45) is 1.76. The van der Waals surface area contributed by atoms with E-state index in [2.05, 4.69) is 36.4 Å². The van der Waals surface area contributed by atoms with Crippen LogP contribution in [0.3, 0.4) is 0 Å². The van der Waals surface area contributed by atoms with Crippen molar-refractivity contribution in [1.29, 1.82) is 0 Å². The monoisotopic (exact) mass is 296 g/mol. The van der Waals surface area contributed by atoms with Crippen LogP contribution in [0.25, 0.3) is 0 Å². The van der Waals surface area contributed by atoms with Gasteiger partial charge in [-0.25, -0.2) is 0 Å². The largest absolute Gasteiger partial charge is 0.389 e. The molecule has 0 amide bonds. The van der Waals surface area contributed by atoms with Crippen LogP contribution in [0.2, 0.25) is 0 Å². The Morgan fingerprint density at radius 3 is 2.38 bits per heavy atom. The molecule has 2 rings (SSSR count). The highest BCUT2D eigenvalue weighted by molar-refractivity contribution is 14.1. The molecule has 0 aliphatic carbocycles. The van der Waals surface area contributed by atoms with Crippen LogP contribution in [-0.4, -0.2) is 26.3 Å². The van der Waals surface area contributed by atoms with E-state index in [1.54, 1.807) is 0 Å². The second kappa shape index (κ2) is 2.83. The van der Waals surface area contributed by atoms with Gasteiger partial charge >= 0.3 is 0 Å². The highest BCUT2D eigenvalue weighted by Gasteiger charge is 2.60. The molecule has 1 N–H and O–H groups in total. The lowest BCUT2D eigenvalue weighted by Gasteiger charge is -2.40. The van der Waals surface area contributed by atoms with Gasteiger partial charge in [0.25, 0.3) is 0 Å². The molecule has 2 nitrogen and oxygen atoms in total. The van der Waals surface area contributed by atoms with Crippen molar-refractivity contribution in [2.75, 3.05) is 0 Å². The molecule has 3 heteroatoms. The smallest absolute Gasteiger partial charge is 0.0972 e. The molecule has 2 fully saturated rings. The zero-order valence-corrected chi connectivity index (χ0v) is 10.5. The normalized spacial score (nSPS) is 61.2. The molecular weight excluding hydrogens is 279 g/mol. The number of ether oxygens (including phenoxy) is 1. The molecule has 0 aromatic carbocycles. The van der Waals surface area contributed by atoms with Gasteiger partial charge in [0, 0.05) is 0 Å². The average molecular weight is 296 g/mol. The van der Waals surface area contributed by atoms with Gasteiger partial charge in [-0.05, 0) is 32.6 Å². The molecule has 0 aromatic heterocycles. The van der Waals surface area contributed by atoms with Crippen molar-refractivity contribution in [1.82, 2.24) is 0 Å². The maximum absolute atomic E-state index is 10.1. The molecule has 0 aromatic rings. The van der Waals surface area contributed by atoms with E-state index in [0.717, 1.165) is 12.8 Å².